The van der Waals surface area contributed by atoms with Crippen LogP contribution >= 0.6 is 11.8 Å². The van der Waals surface area contributed by atoms with Crippen molar-refractivity contribution in [3.8, 4) is 5.75 Å². The smallest absolute Gasteiger partial charge is 0.191 e. The summed E-state index contributed by atoms with van der Waals surface area (Å²) in [6, 6.07) is 6.65. The van der Waals surface area contributed by atoms with Gasteiger partial charge in [0.05, 0.1) is 6.61 Å². The number of thioether (sulfide) groups is 1. The van der Waals surface area contributed by atoms with E-state index < -0.39 is 0 Å². The minimum atomic E-state index is -0.247. The maximum Gasteiger partial charge on any atom is 0.191 e. The van der Waals surface area contributed by atoms with Gasteiger partial charge in [-0.1, -0.05) is 31.0 Å². The first-order valence-corrected chi connectivity index (χ1v) is 9.15. The standard InChI is InChI=1S/C17H22FN3OS/c1-13-19-20-17(21(13)15-5-3-2-4-6-15)23-12-11-22-16-9-7-14(18)8-10-16/h7-10,15H,2-6,11-12H2,1H3. The van der Waals surface area contributed by atoms with E-state index in [0.29, 0.717) is 18.4 Å². The van der Waals surface area contributed by atoms with Gasteiger partial charge in [0, 0.05) is 11.8 Å². The zero-order chi connectivity index (χ0) is 16.1. The molecule has 3 rings (SSSR count). The molecule has 0 amide bonds. The lowest BCUT2D eigenvalue weighted by Gasteiger charge is -2.24. The van der Waals surface area contributed by atoms with Crippen LogP contribution in [-0.4, -0.2) is 27.1 Å². The molecular weight excluding hydrogens is 313 g/mol. The quantitative estimate of drug-likeness (QED) is 0.579. The predicted molar refractivity (Wildman–Crippen MR) is 89.5 cm³/mol. The van der Waals surface area contributed by atoms with Gasteiger partial charge in [0.1, 0.15) is 17.4 Å². The number of hydrogen-bond donors (Lipinski definition) is 0. The van der Waals surface area contributed by atoms with E-state index in [9.17, 15) is 4.39 Å². The second-order valence-corrected chi connectivity index (χ2v) is 6.90. The Morgan fingerprint density at radius 2 is 1.91 bits per heavy atom. The van der Waals surface area contributed by atoms with Crippen molar-refractivity contribution in [2.24, 2.45) is 0 Å². The molecule has 0 bridgehead atoms. The van der Waals surface area contributed by atoms with Gasteiger partial charge < -0.3 is 9.30 Å². The minimum absolute atomic E-state index is 0.247. The van der Waals surface area contributed by atoms with Crippen molar-refractivity contribution in [1.82, 2.24) is 14.8 Å². The maximum atomic E-state index is 12.8. The first-order valence-electron chi connectivity index (χ1n) is 8.17. The molecule has 1 saturated carbocycles. The van der Waals surface area contributed by atoms with Crippen LogP contribution in [0.1, 0.15) is 44.0 Å². The average molecular weight is 335 g/mol. The zero-order valence-corrected chi connectivity index (χ0v) is 14.2. The van der Waals surface area contributed by atoms with Gasteiger partial charge in [-0.15, -0.1) is 10.2 Å². The highest BCUT2D eigenvalue weighted by Gasteiger charge is 2.21. The number of aryl methyl sites for hydroxylation is 1. The van der Waals surface area contributed by atoms with Gasteiger partial charge in [-0.2, -0.15) is 0 Å². The van der Waals surface area contributed by atoms with E-state index in [1.165, 1.54) is 44.2 Å². The van der Waals surface area contributed by atoms with Gasteiger partial charge in [-0.05, 0) is 44.0 Å². The molecule has 0 saturated heterocycles. The van der Waals surface area contributed by atoms with Gasteiger partial charge in [0.15, 0.2) is 5.16 Å². The molecule has 124 valence electrons. The molecule has 0 N–H and O–H groups in total. The number of rotatable bonds is 6. The molecular formula is C17H22FN3OS. The van der Waals surface area contributed by atoms with Crippen molar-refractivity contribution in [3.05, 3.63) is 35.9 Å². The van der Waals surface area contributed by atoms with E-state index >= 15 is 0 Å². The Morgan fingerprint density at radius 1 is 1.17 bits per heavy atom. The van der Waals surface area contributed by atoms with Crippen LogP contribution < -0.4 is 4.74 Å². The van der Waals surface area contributed by atoms with Crippen LogP contribution in [0.4, 0.5) is 4.39 Å². The molecule has 1 aromatic carbocycles. The van der Waals surface area contributed by atoms with E-state index in [1.54, 1.807) is 23.9 Å². The molecule has 4 nitrogen and oxygen atoms in total. The highest BCUT2D eigenvalue weighted by Crippen LogP contribution is 2.32. The fourth-order valence-electron chi connectivity index (χ4n) is 3.03. The average Bonchev–Trinajstić information content (AvgIpc) is 2.95. The van der Waals surface area contributed by atoms with Gasteiger partial charge in [0.25, 0.3) is 0 Å². The van der Waals surface area contributed by atoms with Crippen LogP contribution in [0.25, 0.3) is 0 Å². The summed E-state index contributed by atoms with van der Waals surface area (Å²) in [5.74, 6) is 2.24. The van der Waals surface area contributed by atoms with E-state index in [4.69, 9.17) is 4.74 Å². The molecule has 1 fully saturated rings. The monoisotopic (exact) mass is 335 g/mol. The van der Waals surface area contributed by atoms with E-state index in [1.807, 2.05) is 6.92 Å². The Labute approximate surface area is 140 Å². The van der Waals surface area contributed by atoms with Gasteiger partial charge in [-0.3, -0.25) is 0 Å². The molecule has 0 spiro atoms. The van der Waals surface area contributed by atoms with Crippen LogP contribution in [0, 0.1) is 12.7 Å². The van der Waals surface area contributed by atoms with Crippen LogP contribution in [0.2, 0.25) is 0 Å². The Hall–Kier alpha value is -1.56. The molecule has 0 aliphatic heterocycles. The fraction of sp³-hybridized carbons (Fsp3) is 0.529. The summed E-state index contributed by atoms with van der Waals surface area (Å²) in [5.41, 5.74) is 0. The third-order valence-electron chi connectivity index (χ3n) is 4.17. The largest absolute Gasteiger partial charge is 0.493 e. The number of ether oxygens (including phenoxy) is 1. The highest BCUT2D eigenvalue weighted by molar-refractivity contribution is 7.99. The second kappa shape index (κ2) is 7.81. The van der Waals surface area contributed by atoms with E-state index in [-0.39, 0.29) is 5.82 Å². The zero-order valence-electron chi connectivity index (χ0n) is 13.4. The van der Waals surface area contributed by atoms with E-state index in [0.717, 1.165) is 16.7 Å². The van der Waals surface area contributed by atoms with Crippen LogP contribution in [0.15, 0.2) is 29.4 Å². The molecule has 0 unspecified atom stereocenters. The minimum Gasteiger partial charge on any atom is -0.493 e. The second-order valence-electron chi connectivity index (χ2n) is 5.84. The Bertz CT molecular complexity index is 623. The number of aromatic nitrogens is 3. The highest BCUT2D eigenvalue weighted by atomic mass is 32.2. The molecule has 1 aliphatic rings. The van der Waals surface area contributed by atoms with Crippen LogP contribution in [0.5, 0.6) is 5.75 Å². The number of nitrogens with zero attached hydrogens (tertiary/aromatic N) is 3. The van der Waals surface area contributed by atoms with Crippen molar-refractivity contribution >= 4 is 11.8 Å². The molecule has 0 atom stereocenters. The summed E-state index contributed by atoms with van der Waals surface area (Å²) < 4.78 is 20.8. The first kappa shape index (κ1) is 16.3. The lowest BCUT2D eigenvalue weighted by molar-refractivity contribution is 0.330. The summed E-state index contributed by atoms with van der Waals surface area (Å²) in [6.45, 7) is 2.59. The van der Waals surface area contributed by atoms with Crippen molar-refractivity contribution < 1.29 is 9.13 Å². The molecule has 23 heavy (non-hydrogen) atoms. The molecule has 1 heterocycles. The van der Waals surface area contributed by atoms with Gasteiger partial charge in [0.2, 0.25) is 0 Å². The number of halogens is 1. The third-order valence-corrected chi connectivity index (χ3v) is 5.08. The summed E-state index contributed by atoms with van der Waals surface area (Å²) in [6.07, 6.45) is 6.36. The van der Waals surface area contributed by atoms with Crippen molar-refractivity contribution in [2.45, 2.75) is 50.2 Å². The van der Waals surface area contributed by atoms with Crippen molar-refractivity contribution in [3.63, 3.8) is 0 Å². The maximum absolute atomic E-state index is 12.8. The lowest BCUT2D eigenvalue weighted by Crippen LogP contribution is -2.15. The first-order chi connectivity index (χ1) is 11.2. The van der Waals surface area contributed by atoms with Crippen LogP contribution in [0.3, 0.4) is 0 Å². The molecule has 2 aromatic rings. The Kier molecular flexibility index (Phi) is 5.54. The number of hydrogen-bond acceptors (Lipinski definition) is 4. The Morgan fingerprint density at radius 3 is 2.65 bits per heavy atom. The lowest BCUT2D eigenvalue weighted by atomic mass is 9.95. The summed E-state index contributed by atoms with van der Waals surface area (Å²) >= 11 is 1.67. The molecule has 1 aromatic heterocycles. The molecule has 6 heteroatoms. The normalized spacial score (nSPS) is 15.7. The van der Waals surface area contributed by atoms with Crippen molar-refractivity contribution in [1.29, 1.82) is 0 Å². The van der Waals surface area contributed by atoms with Crippen LogP contribution in [-0.2, 0) is 0 Å². The van der Waals surface area contributed by atoms with Crippen molar-refractivity contribution in [2.75, 3.05) is 12.4 Å². The summed E-state index contributed by atoms with van der Waals surface area (Å²) in [4.78, 5) is 0. The van der Waals surface area contributed by atoms with Gasteiger partial charge >= 0.3 is 0 Å². The van der Waals surface area contributed by atoms with Gasteiger partial charge in [-0.25, -0.2) is 4.39 Å². The SMILES string of the molecule is Cc1nnc(SCCOc2ccc(F)cc2)n1C1CCCCC1. The number of benzene rings is 1. The topological polar surface area (TPSA) is 39.9 Å². The predicted octanol–water partition coefficient (Wildman–Crippen LogP) is 4.40. The summed E-state index contributed by atoms with van der Waals surface area (Å²) in [5, 5.41) is 9.55. The third kappa shape index (κ3) is 4.25. The van der Waals surface area contributed by atoms with E-state index in [2.05, 4.69) is 14.8 Å². The molecule has 1 aliphatic carbocycles. The summed E-state index contributed by atoms with van der Waals surface area (Å²) in [7, 11) is 0. The Balaban J connectivity index is 1.53. The molecule has 0 radical (unpaired) electrons. The fourth-order valence-corrected chi connectivity index (χ4v) is 3.90.